The Bertz CT molecular complexity index is 356. The molecular formula is C15H23NO. The minimum atomic E-state index is -0.858. The summed E-state index contributed by atoms with van der Waals surface area (Å²) in [4.78, 5) is 12.2. The van der Waals surface area contributed by atoms with E-state index in [4.69, 9.17) is 5.73 Å². The van der Waals surface area contributed by atoms with Crippen LogP contribution in [0.5, 0.6) is 0 Å². The lowest BCUT2D eigenvalue weighted by molar-refractivity contribution is -0.124. The average Bonchev–Trinajstić information content (AvgIpc) is 2.30. The maximum Gasteiger partial charge on any atom is 0.157 e. The predicted molar refractivity (Wildman–Crippen MR) is 71.7 cm³/mol. The molecule has 0 fully saturated rings. The van der Waals surface area contributed by atoms with E-state index in [2.05, 4.69) is 13.8 Å². The van der Waals surface area contributed by atoms with Crippen LogP contribution in [0.4, 0.5) is 0 Å². The highest BCUT2D eigenvalue weighted by atomic mass is 16.1. The van der Waals surface area contributed by atoms with Crippen molar-refractivity contribution in [2.75, 3.05) is 0 Å². The van der Waals surface area contributed by atoms with Crippen molar-refractivity contribution in [2.45, 2.75) is 45.6 Å². The van der Waals surface area contributed by atoms with Crippen LogP contribution in [-0.2, 0) is 10.3 Å². The van der Waals surface area contributed by atoms with Crippen LogP contribution in [0.15, 0.2) is 30.3 Å². The Morgan fingerprint density at radius 2 is 1.94 bits per heavy atom. The van der Waals surface area contributed by atoms with Crippen molar-refractivity contribution in [3.05, 3.63) is 35.9 Å². The molecule has 0 spiro atoms. The summed E-state index contributed by atoms with van der Waals surface area (Å²) in [5.74, 6) is 0.545. The summed E-state index contributed by atoms with van der Waals surface area (Å²) in [5.41, 5.74) is 6.22. The molecule has 0 aliphatic heterocycles. The molecule has 1 rings (SSSR count). The van der Waals surface area contributed by atoms with Crippen molar-refractivity contribution in [3.63, 3.8) is 0 Å². The fraction of sp³-hybridized carbons (Fsp3) is 0.533. The Kier molecular flexibility index (Phi) is 4.88. The SMILES string of the molecule is CCCC(C)CC(=O)C(C)(N)c1ccccc1. The first-order valence-corrected chi connectivity index (χ1v) is 6.36. The smallest absolute Gasteiger partial charge is 0.157 e. The molecule has 0 bridgehead atoms. The van der Waals surface area contributed by atoms with E-state index in [0.717, 1.165) is 18.4 Å². The molecule has 2 unspecified atom stereocenters. The second kappa shape index (κ2) is 5.97. The van der Waals surface area contributed by atoms with Crippen LogP contribution < -0.4 is 5.73 Å². The Morgan fingerprint density at radius 1 is 1.35 bits per heavy atom. The second-order valence-electron chi connectivity index (χ2n) is 5.09. The topological polar surface area (TPSA) is 43.1 Å². The van der Waals surface area contributed by atoms with E-state index in [-0.39, 0.29) is 5.78 Å². The summed E-state index contributed by atoms with van der Waals surface area (Å²) in [6, 6.07) is 9.61. The fourth-order valence-electron chi connectivity index (χ4n) is 2.07. The molecule has 2 N–H and O–H groups in total. The van der Waals surface area contributed by atoms with Crippen LogP contribution in [0.3, 0.4) is 0 Å². The van der Waals surface area contributed by atoms with Crippen LogP contribution in [0, 0.1) is 5.92 Å². The van der Waals surface area contributed by atoms with Gasteiger partial charge in [0.25, 0.3) is 0 Å². The van der Waals surface area contributed by atoms with E-state index in [0.29, 0.717) is 12.3 Å². The van der Waals surface area contributed by atoms with Crippen LogP contribution in [0.1, 0.15) is 45.6 Å². The highest BCUT2D eigenvalue weighted by Crippen LogP contribution is 2.23. The van der Waals surface area contributed by atoms with Gasteiger partial charge in [0.1, 0.15) is 0 Å². The molecule has 0 aliphatic carbocycles. The van der Waals surface area contributed by atoms with Crippen LogP contribution in [0.25, 0.3) is 0 Å². The third-order valence-corrected chi connectivity index (χ3v) is 3.27. The highest BCUT2D eigenvalue weighted by molar-refractivity contribution is 5.89. The van der Waals surface area contributed by atoms with Gasteiger partial charge >= 0.3 is 0 Å². The molecule has 0 aromatic heterocycles. The largest absolute Gasteiger partial charge is 0.315 e. The number of hydrogen-bond acceptors (Lipinski definition) is 2. The van der Waals surface area contributed by atoms with Gasteiger partial charge in [0.15, 0.2) is 5.78 Å². The maximum atomic E-state index is 12.2. The number of ketones is 1. The summed E-state index contributed by atoms with van der Waals surface area (Å²) in [7, 11) is 0. The molecule has 0 heterocycles. The van der Waals surface area contributed by atoms with Crippen molar-refractivity contribution >= 4 is 5.78 Å². The minimum absolute atomic E-state index is 0.129. The third-order valence-electron chi connectivity index (χ3n) is 3.27. The standard InChI is InChI=1S/C15H23NO/c1-4-8-12(2)11-14(17)15(3,16)13-9-6-5-7-10-13/h5-7,9-10,12H,4,8,11,16H2,1-3H3. The van der Waals surface area contributed by atoms with Gasteiger partial charge in [-0.2, -0.15) is 0 Å². The third kappa shape index (κ3) is 3.67. The minimum Gasteiger partial charge on any atom is -0.315 e. The zero-order valence-corrected chi connectivity index (χ0v) is 11.1. The number of nitrogens with two attached hydrogens (primary N) is 1. The van der Waals surface area contributed by atoms with Crippen molar-refractivity contribution in [3.8, 4) is 0 Å². The van der Waals surface area contributed by atoms with Gasteiger partial charge in [-0.25, -0.2) is 0 Å². The summed E-state index contributed by atoms with van der Waals surface area (Å²) < 4.78 is 0. The van der Waals surface area contributed by atoms with Crippen molar-refractivity contribution in [1.82, 2.24) is 0 Å². The molecule has 0 radical (unpaired) electrons. The number of carbonyl (C=O) groups excluding carboxylic acids is 1. The zero-order chi connectivity index (χ0) is 12.9. The van der Waals surface area contributed by atoms with E-state index < -0.39 is 5.54 Å². The number of Topliss-reactive ketones (excluding diaryl/α,β-unsaturated/α-hetero) is 1. The van der Waals surface area contributed by atoms with E-state index >= 15 is 0 Å². The number of rotatable bonds is 6. The van der Waals surface area contributed by atoms with Crippen LogP contribution >= 0.6 is 0 Å². The van der Waals surface area contributed by atoms with Gasteiger partial charge in [-0.05, 0) is 18.4 Å². The summed E-state index contributed by atoms with van der Waals surface area (Å²) >= 11 is 0. The summed E-state index contributed by atoms with van der Waals surface area (Å²) in [6.07, 6.45) is 2.76. The van der Waals surface area contributed by atoms with Crippen molar-refractivity contribution in [2.24, 2.45) is 11.7 Å². The molecule has 1 aromatic rings. The summed E-state index contributed by atoms with van der Waals surface area (Å²) in [6.45, 7) is 6.06. The highest BCUT2D eigenvalue weighted by Gasteiger charge is 2.30. The fourth-order valence-corrected chi connectivity index (χ4v) is 2.07. The average molecular weight is 233 g/mol. The van der Waals surface area contributed by atoms with Gasteiger partial charge in [0, 0.05) is 6.42 Å². The van der Waals surface area contributed by atoms with Crippen LogP contribution in [-0.4, -0.2) is 5.78 Å². The molecule has 0 amide bonds. The van der Waals surface area contributed by atoms with Crippen molar-refractivity contribution < 1.29 is 4.79 Å². The Labute approximate surface area is 104 Å². The number of hydrogen-bond donors (Lipinski definition) is 1. The van der Waals surface area contributed by atoms with Gasteiger partial charge in [-0.15, -0.1) is 0 Å². The molecule has 17 heavy (non-hydrogen) atoms. The number of benzene rings is 1. The molecule has 94 valence electrons. The summed E-state index contributed by atoms with van der Waals surface area (Å²) in [5, 5.41) is 0. The molecule has 2 atom stereocenters. The van der Waals surface area contributed by atoms with Gasteiger partial charge in [0.2, 0.25) is 0 Å². The Balaban J connectivity index is 2.74. The van der Waals surface area contributed by atoms with E-state index in [1.807, 2.05) is 37.3 Å². The molecular weight excluding hydrogens is 210 g/mol. The quantitative estimate of drug-likeness (QED) is 0.819. The van der Waals surface area contributed by atoms with Gasteiger partial charge < -0.3 is 5.73 Å². The molecule has 0 aliphatic rings. The first kappa shape index (κ1) is 13.9. The zero-order valence-electron chi connectivity index (χ0n) is 11.1. The monoisotopic (exact) mass is 233 g/mol. The lowest BCUT2D eigenvalue weighted by Crippen LogP contribution is -2.42. The van der Waals surface area contributed by atoms with E-state index in [9.17, 15) is 4.79 Å². The Morgan fingerprint density at radius 3 is 2.47 bits per heavy atom. The molecule has 1 aromatic carbocycles. The molecule has 0 saturated carbocycles. The van der Waals surface area contributed by atoms with Gasteiger partial charge in [0.05, 0.1) is 5.54 Å². The molecule has 2 heteroatoms. The lowest BCUT2D eigenvalue weighted by Gasteiger charge is -2.25. The first-order chi connectivity index (χ1) is 7.98. The van der Waals surface area contributed by atoms with E-state index in [1.54, 1.807) is 0 Å². The Hall–Kier alpha value is -1.15. The van der Waals surface area contributed by atoms with Gasteiger partial charge in [-0.3, -0.25) is 4.79 Å². The van der Waals surface area contributed by atoms with E-state index in [1.165, 1.54) is 0 Å². The maximum absolute atomic E-state index is 12.2. The first-order valence-electron chi connectivity index (χ1n) is 6.36. The predicted octanol–water partition coefficient (Wildman–Crippen LogP) is 3.26. The molecule has 2 nitrogen and oxygen atoms in total. The van der Waals surface area contributed by atoms with Crippen LogP contribution in [0.2, 0.25) is 0 Å². The normalized spacial score (nSPS) is 16.2. The van der Waals surface area contributed by atoms with Crippen molar-refractivity contribution in [1.29, 1.82) is 0 Å². The lowest BCUT2D eigenvalue weighted by atomic mass is 9.84. The molecule has 0 saturated heterocycles. The second-order valence-corrected chi connectivity index (χ2v) is 5.09. The van der Waals surface area contributed by atoms with Gasteiger partial charge in [-0.1, -0.05) is 57.0 Å². The number of carbonyl (C=O) groups is 1.